The number of rotatable bonds is 5. The number of hydrogen-bond donors (Lipinski definition) is 0. The monoisotopic (exact) mass is 656 g/mol. The maximum atomic E-state index is 9.49. The first-order valence-corrected chi connectivity index (χ1v) is 16.9. The van der Waals surface area contributed by atoms with Crippen LogP contribution in [0.5, 0.6) is 0 Å². The molecule has 0 saturated heterocycles. The predicted octanol–water partition coefficient (Wildman–Crippen LogP) is 14.2. The van der Waals surface area contributed by atoms with Gasteiger partial charge in [-0.1, -0.05) is 176 Å². The molecule has 0 saturated carbocycles. The van der Waals surface area contributed by atoms with Gasteiger partial charge in [-0.25, -0.2) is 0 Å². The zero-order valence-electron chi connectivity index (χ0n) is 35.3. The van der Waals surface area contributed by atoms with Crippen molar-refractivity contribution < 1.29 is 15.4 Å². The minimum absolute atomic E-state index is 0.0900. The zero-order valence-corrected chi connectivity index (χ0v) is 27.3. The van der Waals surface area contributed by atoms with Crippen molar-refractivity contribution in [2.24, 2.45) is 0 Å². The minimum Gasteiger partial charge on any atom is -0.456 e. The predicted molar refractivity (Wildman–Crippen MR) is 216 cm³/mol. The summed E-state index contributed by atoms with van der Waals surface area (Å²) >= 11 is 0. The molecule has 0 fully saturated rings. The van der Waals surface area contributed by atoms with Gasteiger partial charge < -0.3 is 4.42 Å². The fourth-order valence-electron chi connectivity index (χ4n) is 7.41. The third-order valence-electron chi connectivity index (χ3n) is 9.68. The number of furan rings is 1. The van der Waals surface area contributed by atoms with E-state index in [0.29, 0.717) is 21.9 Å². The van der Waals surface area contributed by atoms with Gasteiger partial charge >= 0.3 is 0 Å². The van der Waals surface area contributed by atoms with Crippen LogP contribution in [0.15, 0.2) is 198 Å². The van der Waals surface area contributed by atoms with Gasteiger partial charge in [-0.15, -0.1) is 0 Å². The van der Waals surface area contributed by atoms with E-state index in [0.717, 1.165) is 55.0 Å². The van der Waals surface area contributed by atoms with E-state index in [-0.39, 0.29) is 40.4 Å². The quantitative estimate of drug-likeness (QED) is 0.168. The fourth-order valence-corrected chi connectivity index (χ4v) is 7.41. The van der Waals surface area contributed by atoms with Crippen molar-refractivity contribution in [3.05, 3.63) is 194 Å². The van der Waals surface area contributed by atoms with Crippen LogP contribution in [-0.4, -0.2) is 0 Å². The summed E-state index contributed by atoms with van der Waals surface area (Å²) in [5.74, 6) is 0. The number of hydrogen-bond acceptors (Lipinski definition) is 1. The van der Waals surface area contributed by atoms with E-state index in [1.807, 2.05) is 78.9 Å². The van der Waals surface area contributed by atoms with Crippen molar-refractivity contribution in [3.8, 4) is 55.6 Å². The molecule has 0 unspecified atom stereocenters. The summed E-state index contributed by atoms with van der Waals surface area (Å²) in [6, 6.07) is 43.6. The maximum absolute atomic E-state index is 9.49. The van der Waals surface area contributed by atoms with E-state index < -0.39 is 30.2 Å². The molecule has 1 heteroatoms. The van der Waals surface area contributed by atoms with Crippen LogP contribution in [0.25, 0.3) is 99.1 Å². The lowest BCUT2D eigenvalue weighted by Crippen LogP contribution is -1.93. The van der Waals surface area contributed by atoms with E-state index in [4.69, 9.17) is 9.90 Å². The standard InChI is InChI=1S/C50H32O/c1-3-14-33(15-4-1)35-26-28-36(29-27-35)38-18-7-8-19-39(38)48-40-20-9-11-22-42(40)49(43-23-12-10-21-41(43)48)45-24-13-25-46-50(45)44-31-30-37(32-47(44)51-46)34-16-5-2-6-17-34/h1-32H/i7D,8D,18D,19D,26D,27D,28D,29D. The Labute approximate surface area is 307 Å². The lowest BCUT2D eigenvalue weighted by Gasteiger charge is -2.20. The summed E-state index contributed by atoms with van der Waals surface area (Å²) in [4.78, 5) is 0. The van der Waals surface area contributed by atoms with Crippen molar-refractivity contribution in [1.82, 2.24) is 0 Å². The molecule has 10 rings (SSSR count). The highest BCUT2D eigenvalue weighted by atomic mass is 16.3. The van der Waals surface area contributed by atoms with E-state index in [1.165, 1.54) is 0 Å². The number of fused-ring (bicyclic) bond motifs is 5. The highest BCUT2D eigenvalue weighted by Gasteiger charge is 2.21. The SMILES string of the molecule is [2H]c1c([2H])c([2H])c(-c2c3ccccc3c(-c3cccc4oc5cc(-c6ccccc6)ccc5c34)c3ccccc23)c(-c2c([2H])c([2H])c(-c3ccccc3)c([2H])c2[2H])c1[2H]. The van der Waals surface area contributed by atoms with Gasteiger partial charge in [0.05, 0.1) is 11.0 Å². The molecule has 51 heavy (non-hydrogen) atoms. The molecule has 0 N–H and O–H groups in total. The Morgan fingerprint density at radius 2 is 0.863 bits per heavy atom. The second-order valence-corrected chi connectivity index (χ2v) is 12.6. The summed E-state index contributed by atoms with van der Waals surface area (Å²) in [6.07, 6.45) is 0. The largest absolute Gasteiger partial charge is 0.456 e. The van der Waals surface area contributed by atoms with Crippen LogP contribution in [0.3, 0.4) is 0 Å². The average Bonchev–Trinajstić information content (AvgIpc) is 3.65. The van der Waals surface area contributed by atoms with Gasteiger partial charge in [0, 0.05) is 10.8 Å². The molecule has 1 nitrogen and oxygen atoms in total. The van der Waals surface area contributed by atoms with Crippen LogP contribution < -0.4 is 0 Å². The van der Waals surface area contributed by atoms with Crippen molar-refractivity contribution >= 4 is 43.5 Å². The van der Waals surface area contributed by atoms with E-state index in [1.54, 1.807) is 30.3 Å². The van der Waals surface area contributed by atoms with Gasteiger partial charge in [-0.05, 0) is 95.4 Å². The molecule has 0 aliphatic rings. The Morgan fingerprint density at radius 1 is 0.333 bits per heavy atom. The summed E-state index contributed by atoms with van der Waals surface area (Å²) in [5, 5.41) is 4.92. The van der Waals surface area contributed by atoms with Gasteiger partial charge in [0.2, 0.25) is 0 Å². The smallest absolute Gasteiger partial charge is 0.136 e. The Kier molecular flexibility index (Phi) is 5.21. The molecule has 0 atom stereocenters. The first kappa shape index (κ1) is 22.1. The Morgan fingerprint density at radius 3 is 1.49 bits per heavy atom. The van der Waals surface area contributed by atoms with Crippen LogP contribution in [-0.2, 0) is 0 Å². The molecular formula is C50H32O. The van der Waals surface area contributed by atoms with Gasteiger partial charge in [-0.3, -0.25) is 0 Å². The normalized spacial score (nSPS) is 13.7. The summed E-state index contributed by atoms with van der Waals surface area (Å²) < 4.78 is 80.0. The second-order valence-electron chi connectivity index (χ2n) is 12.6. The molecular weight excluding hydrogens is 617 g/mol. The van der Waals surface area contributed by atoms with Crippen LogP contribution in [0.2, 0.25) is 0 Å². The molecule has 0 bridgehead atoms. The highest BCUT2D eigenvalue weighted by Crippen LogP contribution is 2.48. The molecule has 9 aromatic carbocycles. The molecule has 238 valence electrons. The Hall–Kier alpha value is -6.70. The molecule has 0 radical (unpaired) electrons. The highest BCUT2D eigenvalue weighted by molar-refractivity contribution is 6.26. The first-order valence-electron chi connectivity index (χ1n) is 20.9. The van der Waals surface area contributed by atoms with Crippen molar-refractivity contribution in [2.45, 2.75) is 0 Å². The molecule has 1 aromatic heterocycles. The van der Waals surface area contributed by atoms with E-state index in [9.17, 15) is 5.48 Å². The summed E-state index contributed by atoms with van der Waals surface area (Å²) in [6.45, 7) is 0. The minimum atomic E-state index is -0.531. The van der Waals surface area contributed by atoms with E-state index in [2.05, 4.69) is 36.4 Å². The van der Waals surface area contributed by atoms with Crippen LogP contribution in [0, 0.1) is 0 Å². The topological polar surface area (TPSA) is 13.1 Å². The third-order valence-corrected chi connectivity index (χ3v) is 9.68. The number of benzene rings is 9. The molecule has 0 aliphatic heterocycles. The van der Waals surface area contributed by atoms with Gasteiger partial charge in [0.25, 0.3) is 0 Å². The zero-order chi connectivity index (χ0) is 40.7. The average molecular weight is 657 g/mol. The first-order chi connectivity index (χ1) is 28.7. The molecule has 1 heterocycles. The third kappa shape index (κ3) is 4.86. The summed E-state index contributed by atoms with van der Waals surface area (Å²) in [7, 11) is 0. The Balaban J connectivity index is 1.30. The van der Waals surface area contributed by atoms with Crippen LogP contribution >= 0.6 is 0 Å². The van der Waals surface area contributed by atoms with Crippen molar-refractivity contribution in [2.75, 3.05) is 0 Å². The van der Waals surface area contributed by atoms with E-state index >= 15 is 0 Å². The molecule has 10 aromatic rings. The molecule has 0 spiro atoms. The van der Waals surface area contributed by atoms with Crippen molar-refractivity contribution in [3.63, 3.8) is 0 Å². The van der Waals surface area contributed by atoms with Gasteiger partial charge in [0.1, 0.15) is 11.2 Å². The van der Waals surface area contributed by atoms with Gasteiger partial charge in [-0.2, -0.15) is 0 Å². The fraction of sp³-hybridized carbons (Fsp3) is 0. The maximum Gasteiger partial charge on any atom is 0.136 e. The van der Waals surface area contributed by atoms with Crippen LogP contribution in [0.4, 0.5) is 0 Å². The molecule has 0 aliphatic carbocycles. The van der Waals surface area contributed by atoms with Crippen LogP contribution in [0.1, 0.15) is 11.0 Å². The van der Waals surface area contributed by atoms with Crippen molar-refractivity contribution in [1.29, 1.82) is 0 Å². The lowest BCUT2D eigenvalue weighted by atomic mass is 9.83. The summed E-state index contributed by atoms with van der Waals surface area (Å²) in [5.41, 5.74) is 6.39. The van der Waals surface area contributed by atoms with Gasteiger partial charge in [0.15, 0.2) is 0 Å². The lowest BCUT2D eigenvalue weighted by molar-refractivity contribution is 0.669. The molecule has 0 amide bonds. The second kappa shape index (κ2) is 12.0. The Bertz CT molecular complexity index is 3270.